The number of hydrogen-bond donors (Lipinski definition) is 4. The highest BCUT2D eigenvalue weighted by molar-refractivity contribution is 5.84. The van der Waals surface area contributed by atoms with Crippen LogP contribution in [0.1, 0.15) is 84.0 Å². The summed E-state index contributed by atoms with van der Waals surface area (Å²) in [4.78, 5) is 27.2. The van der Waals surface area contributed by atoms with Crippen molar-refractivity contribution >= 4 is 11.8 Å². The Balaban J connectivity index is 1.60. The number of rotatable bonds is 17. The molecule has 0 aromatic rings. The second-order valence-electron chi connectivity index (χ2n) is 10.7. The predicted octanol–water partition coefficient (Wildman–Crippen LogP) is 3.83. The van der Waals surface area contributed by atoms with Crippen LogP contribution in [0.4, 0.5) is 0 Å². The van der Waals surface area contributed by atoms with Gasteiger partial charge in [-0.25, -0.2) is 0 Å². The second kappa shape index (κ2) is 18.3. The molecule has 0 aromatic heterocycles. The van der Waals surface area contributed by atoms with Gasteiger partial charge in [-0.05, 0) is 97.0 Å². The first kappa shape index (κ1) is 31.3. The van der Waals surface area contributed by atoms with Crippen molar-refractivity contribution in [2.24, 2.45) is 0 Å². The lowest BCUT2D eigenvalue weighted by Crippen LogP contribution is -2.53. The van der Waals surface area contributed by atoms with Crippen molar-refractivity contribution in [3.05, 3.63) is 36.0 Å². The number of amides is 2. The number of hydrogen-bond acceptors (Lipinski definition) is 5. The van der Waals surface area contributed by atoms with Crippen molar-refractivity contribution in [2.75, 3.05) is 46.8 Å². The van der Waals surface area contributed by atoms with Gasteiger partial charge in [-0.3, -0.25) is 9.59 Å². The third-order valence-corrected chi connectivity index (χ3v) is 7.78. The Bertz CT molecular complexity index is 763. The fourth-order valence-corrected chi connectivity index (χ4v) is 5.32. The first-order valence-electron chi connectivity index (χ1n) is 14.6. The molecule has 2 atom stereocenters. The lowest BCUT2D eigenvalue weighted by atomic mass is 9.88. The molecule has 7 nitrogen and oxygen atoms in total. The molecule has 0 spiro atoms. The zero-order valence-electron chi connectivity index (χ0n) is 23.7. The average molecular weight is 516 g/mol. The van der Waals surface area contributed by atoms with E-state index in [0.29, 0.717) is 12.6 Å². The molecule has 0 saturated carbocycles. The standard InChI is InChI=1S/C30H53N5O2/c1-4-5-13-26(14-9-6-7-11-20-31-2)15-10-8-12-21-33-28(36)16-17-29(37)35(3)30-19-23-32-22-18-27(24-30)34-25-30/h4-5,9,13-14,27,31-32,34H,6-8,10-12,15-25H2,1-3H3,(H,33,36)/b5-4-,14-9+,26-13+. The van der Waals surface area contributed by atoms with Crippen LogP contribution < -0.4 is 21.3 Å². The van der Waals surface area contributed by atoms with E-state index in [1.54, 1.807) is 0 Å². The highest BCUT2D eigenvalue weighted by Gasteiger charge is 2.44. The summed E-state index contributed by atoms with van der Waals surface area (Å²) >= 11 is 0. The lowest BCUT2D eigenvalue weighted by molar-refractivity contribution is -0.137. The summed E-state index contributed by atoms with van der Waals surface area (Å²) in [5.74, 6) is 0.0598. The summed E-state index contributed by atoms with van der Waals surface area (Å²) in [5, 5.41) is 13.3. The Morgan fingerprint density at radius 3 is 2.70 bits per heavy atom. The molecule has 2 unspecified atom stereocenters. The van der Waals surface area contributed by atoms with Gasteiger partial charge in [0.2, 0.25) is 11.8 Å². The van der Waals surface area contributed by atoms with Crippen LogP contribution in [0.5, 0.6) is 0 Å². The summed E-state index contributed by atoms with van der Waals surface area (Å²) in [6.45, 7) is 6.63. The molecular formula is C30H53N5O2. The molecule has 7 heteroatoms. The molecule has 2 aliphatic heterocycles. The second-order valence-corrected chi connectivity index (χ2v) is 10.7. The summed E-state index contributed by atoms with van der Waals surface area (Å²) < 4.78 is 0. The Kier molecular flexibility index (Phi) is 15.5. The van der Waals surface area contributed by atoms with Gasteiger partial charge in [0, 0.05) is 39.0 Å². The van der Waals surface area contributed by atoms with Crippen LogP contribution in [-0.4, -0.2) is 75.1 Å². The molecule has 2 saturated heterocycles. The van der Waals surface area contributed by atoms with Gasteiger partial charge in [-0.2, -0.15) is 0 Å². The van der Waals surface area contributed by atoms with Crippen molar-refractivity contribution in [1.29, 1.82) is 0 Å². The van der Waals surface area contributed by atoms with E-state index in [0.717, 1.165) is 77.5 Å². The minimum atomic E-state index is -0.117. The van der Waals surface area contributed by atoms with Gasteiger partial charge < -0.3 is 26.2 Å². The number of allylic oxidation sites excluding steroid dienone is 6. The van der Waals surface area contributed by atoms with E-state index in [9.17, 15) is 9.59 Å². The van der Waals surface area contributed by atoms with Crippen LogP contribution in [0.15, 0.2) is 36.0 Å². The Labute approximate surface area is 226 Å². The molecule has 2 bridgehead atoms. The van der Waals surface area contributed by atoms with Crippen molar-refractivity contribution in [3.63, 3.8) is 0 Å². The maximum absolute atomic E-state index is 12.9. The number of carbonyl (C=O) groups excluding carboxylic acids is 2. The van der Waals surface area contributed by atoms with Gasteiger partial charge in [-0.1, -0.05) is 36.8 Å². The summed E-state index contributed by atoms with van der Waals surface area (Å²) in [5.41, 5.74) is 1.25. The molecule has 210 valence electrons. The molecule has 37 heavy (non-hydrogen) atoms. The normalized spacial score (nSPS) is 22.4. The van der Waals surface area contributed by atoms with Crippen molar-refractivity contribution in [3.8, 4) is 0 Å². The van der Waals surface area contributed by atoms with E-state index in [1.807, 2.05) is 25.9 Å². The first-order chi connectivity index (χ1) is 18.0. The third-order valence-electron chi connectivity index (χ3n) is 7.78. The fraction of sp³-hybridized carbons (Fsp3) is 0.733. The predicted molar refractivity (Wildman–Crippen MR) is 155 cm³/mol. The number of nitrogens with zero attached hydrogens (tertiary/aromatic N) is 1. The molecule has 2 rings (SSSR count). The largest absolute Gasteiger partial charge is 0.356 e. The van der Waals surface area contributed by atoms with Crippen LogP contribution in [0.25, 0.3) is 0 Å². The van der Waals surface area contributed by atoms with Gasteiger partial charge in [0.15, 0.2) is 0 Å². The van der Waals surface area contributed by atoms with Gasteiger partial charge in [0.25, 0.3) is 0 Å². The fourth-order valence-electron chi connectivity index (χ4n) is 5.32. The van der Waals surface area contributed by atoms with E-state index in [1.165, 1.54) is 18.4 Å². The van der Waals surface area contributed by atoms with Crippen LogP contribution >= 0.6 is 0 Å². The molecule has 2 amide bonds. The minimum Gasteiger partial charge on any atom is -0.356 e. The number of likely N-dealkylation sites (N-methyl/N-ethyl adjacent to an activating group) is 1. The summed E-state index contributed by atoms with van der Waals surface area (Å²) in [7, 11) is 3.92. The van der Waals surface area contributed by atoms with E-state index < -0.39 is 0 Å². The molecule has 2 aliphatic rings. The van der Waals surface area contributed by atoms with Crippen LogP contribution in [0, 0.1) is 0 Å². The maximum atomic E-state index is 12.9. The van der Waals surface area contributed by atoms with Crippen molar-refractivity contribution in [1.82, 2.24) is 26.2 Å². The van der Waals surface area contributed by atoms with E-state index in [-0.39, 0.29) is 30.2 Å². The Morgan fingerprint density at radius 2 is 1.89 bits per heavy atom. The van der Waals surface area contributed by atoms with E-state index in [4.69, 9.17) is 0 Å². The van der Waals surface area contributed by atoms with Gasteiger partial charge in [-0.15, -0.1) is 0 Å². The minimum absolute atomic E-state index is 0.0177. The maximum Gasteiger partial charge on any atom is 0.223 e. The molecule has 0 radical (unpaired) electrons. The topological polar surface area (TPSA) is 85.5 Å². The van der Waals surface area contributed by atoms with Crippen LogP contribution in [0.3, 0.4) is 0 Å². The van der Waals surface area contributed by atoms with E-state index >= 15 is 0 Å². The SMILES string of the molecule is C\C=C/C=C(\C=C\CCCCNC)CCCCCNC(=O)CCC(=O)N(C)C12CCNCCC(C1)NC2. The number of fused-ring (bicyclic) bond motifs is 2. The molecular weight excluding hydrogens is 462 g/mol. The van der Waals surface area contributed by atoms with Crippen LogP contribution in [-0.2, 0) is 9.59 Å². The monoisotopic (exact) mass is 515 g/mol. The first-order valence-corrected chi connectivity index (χ1v) is 14.6. The van der Waals surface area contributed by atoms with Gasteiger partial charge in [0.1, 0.15) is 0 Å². The van der Waals surface area contributed by atoms with E-state index in [2.05, 4.69) is 51.6 Å². The van der Waals surface area contributed by atoms with Gasteiger partial charge in [0.05, 0.1) is 5.54 Å². The van der Waals surface area contributed by atoms with Crippen molar-refractivity contribution in [2.45, 2.75) is 95.6 Å². The number of nitrogens with one attached hydrogen (secondary N) is 4. The Morgan fingerprint density at radius 1 is 1.05 bits per heavy atom. The summed E-state index contributed by atoms with van der Waals surface area (Å²) in [6, 6.07) is 0.477. The number of carbonyl (C=O) groups is 2. The smallest absolute Gasteiger partial charge is 0.223 e. The zero-order chi connectivity index (χ0) is 26.8. The average Bonchev–Trinajstić information content (AvgIpc) is 3.34. The number of unbranched alkanes of at least 4 members (excludes halogenated alkanes) is 4. The third kappa shape index (κ3) is 12.0. The molecule has 2 fully saturated rings. The molecule has 0 aromatic carbocycles. The molecule has 2 heterocycles. The molecule has 0 aliphatic carbocycles. The lowest BCUT2D eigenvalue weighted by Gasteiger charge is -2.39. The van der Waals surface area contributed by atoms with Crippen molar-refractivity contribution < 1.29 is 9.59 Å². The highest BCUT2D eigenvalue weighted by atomic mass is 16.2. The highest BCUT2D eigenvalue weighted by Crippen LogP contribution is 2.31. The van der Waals surface area contributed by atoms with Crippen LogP contribution in [0.2, 0.25) is 0 Å². The zero-order valence-corrected chi connectivity index (χ0v) is 23.7. The Hall–Kier alpha value is -1.96. The molecule has 4 N–H and O–H groups in total. The quantitative estimate of drug-likeness (QED) is 0.175. The van der Waals surface area contributed by atoms with Gasteiger partial charge >= 0.3 is 0 Å². The summed E-state index contributed by atoms with van der Waals surface area (Å²) in [6.07, 6.45) is 22.3.